The van der Waals surface area contributed by atoms with Crippen LogP contribution in [-0.2, 0) is 16.0 Å². The number of aliphatic imine (C=N–C) groups is 1. The summed E-state index contributed by atoms with van der Waals surface area (Å²) in [5, 5.41) is 6.58. The maximum absolute atomic E-state index is 5.43. The SMILES string of the molecule is CN=C(NCCCCOCCOC)NCc1ccc(OC)cc1OC. The second-order valence-corrected chi connectivity index (χ2v) is 5.34. The van der Waals surface area contributed by atoms with Crippen LogP contribution in [0, 0.1) is 0 Å². The number of rotatable bonds is 12. The van der Waals surface area contributed by atoms with Crippen LogP contribution in [0.5, 0.6) is 11.5 Å². The predicted octanol–water partition coefficient (Wildman–Crippen LogP) is 1.81. The van der Waals surface area contributed by atoms with E-state index in [9.17, 15) is 0 Å². The molecule has 1 aromatic rings. The van der Waals surface area contributed by atoms with Crippen LogP contribution < -0.4 is 20.1 Å². The number of ether oxygens (including phenoxy) is 4. The number of guanidine groups is 1. The molecule has 0 saturated carbocycles. The number of nitrogens with zero attached hydrogens (tertiary/aromatic N) is 1. The van der Waals surface area contributed by atoms with E-state index in [0.717, 1.165) is 49.0 Å². The predicted molar refractivity (Wildman–Crippen MR) is 99.7 cm³/mol. The largest absolute Gasteiger partial charge is 0.497 e. The summed E-state index contributed by atoms with van der Waals surface area (Å²) in [6, 6.07) is 5.77. The Balaban J connectivity index is 2.28. The van der Waals surface area contributed by atoms with Gasteiger partial charge < -0.3 is 29.6 Å². The van der Waals surface area contributed by atoms with Crippen LogP contribution in [0.4, 0.5) is 0 Å². The first kappa shape index (κ1) is 21.1. The molecule has 0 spiro atoms. The third kappa shape index (κ3) is 8.60. The van der Waals surface area contributed by atoms with Crippen LogP contribution >= 0.6 is 0 Å². The summed E-state index contributed by atoms with van der Waals surface area (Å²) < 4.78 is 21.0. The second kappa shape index (κ2) is 13.3. The highest BCUT2D eigenvalue weighted by molar-refractivity contribution is 5.79. The minimum Gasteiger partial charge on any atom is -0.497 e. The first-order valence-corrected chi connectivity index (χ1v) is 8.47. The molecule has 142 valence electrons. The van der Waals surface area contributed by atoms with Gasteiger partial charge in [0.15, 0.2) is 5.96 Å². The highest BCUT2D eigenvalue weighted by Crippen LogP contribution is 2.24. The van der Waals surface area contributed by atoms with Gasteiger partial charge in [0, 0.05) is 45.5 Å². The van der Waals surface area contributed by atoms with Crippen LogP contribution in [0.3, 0.4) is 0 Å². The van der Waals surface area contributed by atoms with Gasteiger partial charge in [0.05, 0.1) is 27.4 Å². The molecule has 7 heteroatoms. The minimum atomic E-state index is 0.618. The van der Waals surface area contributed by atoms with Gasteiger partial charge in [0.1, 0.15) is 11.5 Å². The minimum absolute atomic E-state index is 0.618. The van der Waals surface area contributed by atoms with Crippen molar-refractivity contribution in [2.45, 2.75) is 19.4 Å². The molecule has 0 aliphatic carbocycles. The van der Waals surface area contributed by atoms with E-state index >= 15 is 0 Å². The van der Waals surface area contributed by atoms with Gasteiger partial charge in [-0.15, -0.1) is 0 Å². The summed E-state index contributed by atoms with van der Waals surface area (Å²) in [5.74, 6) is 2.32. The van der Waals surface area contributed by atoms with E-state index in [1.54, 1.807) is 28.4 Å². The zero-order valence-electron chi connectivity index (χ0n) is 15.8. The summed E-state index contributed by atoms with van der Waals surface area (Å²) >= 11 is 0. The van der Waals surface area contributed by atoms with E-state index in [2.05, 4.69) is 15.6 Å². The lowest BCUT2D eigenvalue weighted by Gasteiger charge is -2.14. The highest BCUT2D eigenvalue weighted by atomic mass is 16.5. The average molecular weight is 353 g/mol. The maximum atomic E-state index is 5.43. The summed E-state index contributed by atoms with van der Waals surface area (Å²) in [5.41, 5.74) is 1.04. The first-order valence-electron chi connectivity index (χ1n) is 8.47. The van der Waals surface area contributed by atoms with Crippen molar-refractivity contribution >= 4 is 5.96 Å². The van der Waals surface area contributed by atoms with E-state index in [-0.39, 0.29) is 0 Å². The van der Waals surface area contributed by atoms with Gasteiger partial charge in [-0.3, -0.25) is 4.99 Å². The Hall–Kier alpha value is -1.99. The molecule has 7 nitrogen and oxygen atoms in total. The molecule has 0 bridgehead atoms. The maximum Gasteiger partial charge on any atom is 0.191 e. The second-order valence-electron chi connectivity index (χ2n) is 5.34. The number of benzene rings is 1. The summed E-state index contributed by atoms with van der Waals surface area (Å²) in [7, 11) is 6.73. The molecule has 0 heterocycles. The van der Waals surface area contributed by atoms with Gasteiger partial charge in [-0.2, -0.15) is 0 Å². The number of hydrogen-bond acceptors (Lipinski definition) is 5. The van der Waals surface area contributed by atoms with Crippen molar-refractivity contribution in [2.75, 3.05) is 54.7 Å². The van der Waals surface area contributed by atoms with Crippen LogP contribution in [0.1, 0.15) is 18.4 Å². The molecule has 0 aliphatic heterocycles. The Bertz CT molecular complexity index is 509. The lowest BCUT2D eigenvalue weighted by Crippen LogP contribution is -2.37. The van der Waals surface area contributed by atoms with E-state index < -0.39 is 0 Å². The van der Waals surface area contributed by atoms with Crippen molar-refractivity contribution < 1.29 is 18.9 Å². The summed E-state index contributed by atoms with van der Waals surface area (Å²) in [6.45, 7) is 3.50. The van der Waals surface area contributed by atoms with Crippen molar-refractivity contribution in [3.63, 3.8) is 0 Å². The van der Waals surface area contributed by atoms with E-state index in [0.29, 0.717) is 19.8 Å². The third-order valence-corrected chi connectivity index (χ3v) is 3.60. The number of hydrogen-bond donors (Lipinski definition) is 2. The zero-order valence-corrected chi connectivity index (χ0v) is 15.8. The number of nitrogens with one attached hydrogen (secondary N) is 2. The van der Waals surface area contributed by atoms with Gasteiger partial charge in [-0.05, 0) is 25.0 Å². The summed E-state index contributed by atoms with van der Waals surface area (Å²) in [6.07, 6.45) is 2.01. The van der Waals surface area contributed by atoms with Crippen LogP contribution in [0.2, 0.25) is 0 Å². The van der Waals surface area contributed by atoms with Gasteiger partial charge in [-0.1, -0.05) is 0 Å². The first-order chi connectivity index (χ1) is 12.2. The molecule has 25 heavy (non-hydrogen) atoms. The smallest absolute Gasteiger partial charge is 0.191 e. The van der Waals surface area contributed by atoms with E-state index in [1.165, 1.54) is 0 Å². The fourth-order valence-electron chi connectivity index (χ4n) is 2.18. The topological polar surface area (TPSA) is 73.3 Å². The van der Waals surface area contributed by atoms with Crippen molar-refractivity contribution in [2.24, 2.45) is 4.99 Å². The molecule has 0 fully saturated rings. The Labute approximate surface area is 150 Å². The molecule has 0 aromatic heterocycles. The Morgan fingerprint density at radius 2 is 1.84 bits per heavy atom. The monoisotopic (exact) mass is 353 g/mol. The van der Waals surface area contributed by atoms with Crippen molar-refractivity contribution in [3.8, 4) is 11.5 Å². The normalized spacial score (nSPS) is 11.3. The lowest BCUT2D eigenvalue weighted by atomic mass is 10.2. The number of methoxy groups -OCH3 is 3. The highest BCUT2D eigenvalue weighted by Gasteiger charge is 2.06. The average Bonchev–Trinajstić information content (AvgIpc) is 2.66. The molecule has 0 radical (unpaired) electrons. The quantitative estimate of drug-likeness (QED) is 0.339. The Kier molecular flexibility index (Phi) is 11.2. The number of unbranched alkanes of at least 4 members (excludes halogenated alkanes) is 1. The van der Waals surface area contributed by atoms with Crippen molar-refractivity contribution in [1.29, 1.82) is 0 Å². The molecule has 1 aromatic carbocycles. The van der Waals surface area contributed by atoms with Gasteiger partial charge in [0.2, 0.25) is 0 Å². The molecule has 0 atom stereocenters. The van der Waals surface area contributed by atoms with Gasteiger partial charge in [0.25, 0.3) is 0 Å². The Morgan fingerprint density at radius 1 is 1.00 bits per heavy atom. The molecule has 0 amide bonds. The molecule has 0 saturated heterocycles. The standard InChI is InChI=1S/C18H31N3O4/c1-19-18(20-9-5-6-10-25-12-11-22-2)21-14-15-7-8-16(23-3)13-17(15)24-4/h7-8,13H,5-6,9-12,14H2,1-4H3,(H2,19,20,21). The van der Waals surface area contributed by atoms with Crippen LogP contribution in [-0.4, -0.2) is 60.7 Å². The third-order valence-electron chi connectivity index (χ3n) is 3.60. The molecule has 0 aliphatic rings. The molecule has 0 unspecified atom stereocenters. The van der Waals surface area contributed by atoms with Gasteiger partial charge in [-0.25, -0.2) is 0 Å². The molecular weight excluding hydrogens is 322 g/mol. The molecular formula is C18H31N3O4. The Morgan fingerprint density at radius 3 is 2.52 bits per heavy atom. The fourth-order valence-corrected chi connectivity index (χ4v) is 2.18. The van der Waals surface area contributed by atoms with E-state index in [4.69, 9.17) is 18.9 Å². The van der Waals surface area contributed by atoms with E-state index in [1.807, 2.05) is 18.2 Å². The molecule has 2 N–H and O–H groups in total. The van der Waals surface area contributed by atoms with Crippen LogP contribution in [0.25, 0.3) is 0 Å². The van der Waals surface area contributed by atoms with Crippen LogP contribution in [0.15, 0.2) is 23.2 Å². The van der Waals surface area contributed by atoms with Gasteiger partial charge >= 0.3 is 0 Å². The summed E-state index contributed by atoms with van der Waals surface area (Å²) in [4.78, 5) is 4.23. The van der Waals surface area contributed by atoms with Crippen molar-refractivity contribution in [1.82, 2.24) is 10.6 Å². The fraction of sp³-hybridized carbons (Fsp3) is 0.611. The zero-order chi connectivity index (χ0) is 18.3. The lowest BCUT2D eigenvalue weighted by molar-refractivity contribution is 0.0689. The van der Waals surface area contributed by atoms with Crippen molar-refractivity contribution in [3.05, 3.63) is 23.8 Å². The molecule has 1 rings (SSSR count).